The maximum atomic E-state index is 12.9. The van der Waals surface area contributed by atoms with E-state index in [0.29, 0.717) is 44.3 Å². The number of nitrogens with zero attached hydrogens (tertiary/aromatic N) is 2. The predicted molar refractivity (Wildman–Crippen MR) is 115 cm³/mol. The van der Waals surface area contributed by atoms with Gasteiger partial charge in [-0.3, -0.25) is 9.89 Å². The monoisotopic (exact) mass is 448 g/mol. The molecule has 2 N–H and O–H groups in total. The first-order chi connectivity index (χ1) is 14.3. The molecule has 30 heavy (non-hydrogen) atoms. The molecule has 2 aromatic heterocycles. The van der Waals surface area contributed by atoms with E-state index in [-0.39, 0.29) is 23.7 Å². The molecule has 1 aromatic carbocycles. The fraction of sp³-hybridized carbons (Fsp3) is 0.300. The lowest BCUT2D eigenvalue weighted by Crippen LogP contribution is -2.13. The Morgan fingerprint density at radius 2 is 1.93 bits per heavy atom. The van der Waals surface area contributed by atoms with E-state index in [4.69, 9.17) is 21.1 Å². The smallest absolute Gasteiger partial charge is 0.340 e. The molecule has 3 rings (SSSR count). The second-order valence-corrected chi connectivity index (χ2v) is 7.75. The third-order valence-corrected chi connectivity index (χ3v) is 5.43. The lowest BCUT2D eigenvalue weighted by molar-refractivity contribution is 0.0522. The van der Waals surface area contributed by atoms with Gasteiger partial charge in [0.2, 0.25) is 5.16 Å². The molecule has 3 aromatic rings. The van der Waals surface area contributed by atoms with Crippen LogP contribution >= 0.6 is 23.4 Å². The number of halogens is 1. The van der Waals surface area contributed by atoms with Crippen LogP contribution in [0.1, 0.15) is 39.0 Å². The molecule has 0 bridgehead atoms. The van der Waals surface area contributed by atoms with E-state index in [2.05, 4.69) is 20.2 Å². The van der Waals surface area contributed by atoms with Gasteiger partial charge in [-0.05, 0) is 39.0 Å². The Morgan fingerprint density at radius 1 is 1.20 bits per heavy atom. The summed E-state index contributed by atoms with van der Waals surface area (Å²) in [5.74, 6) is 0.414. The number of carbonyl (C=O) groups excluding carboxylic acids is 2. The summed E-state index contributed by atoms with van der Waals surface area (Å²) >= 11 is 7.24. The normalized spacial score (nSPS) is 10.8. The minimum atomic E-state index is -0.513. The van der Waals surface area contributed by atoms with Crippen LogP contribution in [0.2, 0.25) is 5.02 Å². The topological polar surface area (TPSA) is 110 Å². The minimum Gasteiger partial charge on any atom is -0.496 e. The largest absolute Gasteiger partial charge is 0.496 e. The van der Waals surface area contributed by atoms with Crippen molar-refractivity contribution < 1.29 is 19.1 Å². The van der Waals surface area contributed by atoms with Crippen LogP contribution in [0.15, 0.2) is 23.4 Å². The molecule has 0 radical (unpaired) electrons. The van der Waals surface area contributed by atoms with Gasteiger partial charge in [0.05, 0.1) is 36.2 Å². The maximum Gasteiger partial charge on any atom is 0.340 e. The van der Waals surface area contributed by atoms with Crippen LogP contribution in [0.4, 0.5) is 0 Å². The Bertz CT molecular complexity index is 1090. The summed E-state index contributed by atoms with van der Waals surface area (Å²) in [6, 6.07) is 5.18. The number of hydrogen-bond donors (Lipinski definition) is 2. The third kappa shape index (κ3) is 4.52. The van der Waals surface area contributed by atoms with E-state index in [1.807, 2.05) is 0 Å². The number of H-pyrrole nitrogens is 2. The standard InChI is InChI=1S/C20H21ClN4O4S/c1-5-29-19(27)17-11(3)22-10(2)16(17)14(26)9-30-20-23-18(24-25-20)13-8-12(21)6-7-15(13)28-4/h6-8,22H,5,9H2,1-4H3,(H,23,24,25). The summed E-state index contributed by atoms with van der Waals surface area (Å²) in [4.78, 5) is 32.6. The minimum absolute atomic E-state index is 0.0640. The van der Waals surface area contributed by atoms with Crippen molar-refractivity contribution in [2.45, 2.75) is 25.9 Å². The quantitative estimate of drug-likeness (QED) is 0.301. The summed E-state index contributed by atoms with van der Waals surface area (Å²) < 4.78 is 10.4. The Morgan fingerprint density at radius 3 is 2.63 bits per heavy atom. The van der Waals surface area contributed by atoms with E-state index < -0.39 is 5.97 Å². The number of carbonyl (C=O) groups is 2. The van der Waals surface area contributed by atoms with Gasteiger partial charge in [0, 0.05) is 16.4 Å². The highest BCUT2D eigenvalue weighted by Gasteiger charge is 2.25. The number of aryl methyl sites for hydroxylation is 2. The van der Waals surface area contributed by atoms with Gasteiger partial charge >= 0.3 is 5.97 Å². The van der Waals surface area contributed by atoms with E-state index in [0.717, 1.165) is 0 Å². The van der Waals surface area contributed by atoms with Crippen LogP contribution in [0.3, 0.4) is 0 Å². The van der Waals surface area contributed by atoms with Crippen LogP contribution in [0.5, 0.6) is 5.75 Å². The lowest BCUT2D eigenvalue weighted by atomic mass is 10.1. The molecule has 0 fully saturated rings. The number of esters is 1. The van der Waals surface area contributed by atoms with Gasteiger partial charge in [0.25, 0.3) is 0 Å². The van der Waals surface area contributed by atoms with Crippen LogP contribution < -0.4 is 4.74 Å². The number of thioether (sulfide) groups is 1. The van der Waals surface area contributed by atoms with Crippen molar-refractivity contribution in [1.82, 2.24) is 20.2 Å². The molecule has 0 aliphatic heterocycles. The Hall–Kier alpha value is -2.78. The number of methoxy groups -OCH3 is 1. The number of aromatic amines is 2. The molecule has 0 saturated carbocycles. The zero-order chi connectivity index (χ0) is 21.8. The molecular weight excluding hydrogens is 428 g/mol. The highest BCUT2D eigenvalue weighted by Crippen LogP contribution is 2.31. The van der Waals surface area contributed by atoms with E-state index in [1.54, 1.807) is 46.1 Å². The molecule has 0 amide bonds. The van der Waals surface area contributed by atoms with Gasteiger partial charge in [-0.25, -0.2) is 9.78 Å². The van der Waals surface area contributed by atoms with Gasteiger partial charge in [-0.15, -0.1) is 5.10 Å². The van der Waals surface area contributed by atoms with E-state index in [9.17, 15) is 9.59 Å². The van der Waals surface area contributed by atoms with Crippen molar-refractivity contribution >= 4 is 35.1 Å². The number of aromatic nitrogens is 4. The molecule has 0 saturated heterocycles. The van der Waals surface area contributed by atoms with Crippen LogP contribution in [-0.2, 0) is 4.74 Å². The number of rotatable bonds is 8. The number of ether oxygens (including phenoxy) is 2. The van der Waals surface area contributed by atoms with Gasteiger partial charge in [-0.1, -0.05) is 23.4 Å². The van der Waals surface area contributed by atoms with Crippen LogP contribution in [-0.4, -0.2) is 51.4 Å². The number of ketones is 1. The lowest BCUT2D eigenvalue weighted by Gasteiger charge is -2.05. The first kappa shape index (κ1) is 21.9. The van der Waals surface area contributed by atoms with Crippen molar-refractivity contribution in [2.75, 3.05) is 19.5 Å². The van der Waals surface area contributed by atoms with Crippen molar-refractivity contribution in [2.24, 2.45) is 0 Å². The summed E-state index contributed by atoms with van der Waals surface area (Å²) in [6.45, 7) is 5.45. The van der Waals surface area contributed by atoms with Crippen LogP contribution in [0, 0.1) is 13.8 Å². The zero-order valence-electron chi connectivity index (χ0n) is 17.0. The first-order valence-electron chi connectivity index (χ1n) is 9.14. The highest BCUT2D eigenvalue weighted by molar-refractivity contribution is 7.99. The second kappa shape index (κ2) is 9.36. The molecule has 10 heteroatoms. The molecule has 8 nitrogen and oxygen atoms in total. The average molecular weight is 449 g/mol. The van der Waals surface area contributed by atoms with Gasteiger partial charge in [0.1, 0.15) is 5.75 Å². The number of nitrogens with one attached hydrogen (secondary N) is 2. The molecule has 0 atom stereocenters. The Kier molecular flexibility index (Phi) is 6.84. The average Bonchev–Trinajstić information content (AvgIpc) is 3.30. The van der Waals surface area contributed by atoms with Crippen molar-refractivity contribution in [1.29, 1.82) is 0 Å². The molecule has 0 unspecified atom stereocenters. The van der Waals surface area contributed by atoms with Crippen LogP contribution in [0.25, 0.3) is 11.4 Å². The predicted octanol–water partition coefficient (Wildman–Crippen LogP) is 4.23. The summed E-state index contributed by atoms with van der Waals surface area (Å²) in [5.41, 5.74) is 2.51. The summed E-state index contributed by atoms with van der Waals surface area (Å²) in [7, 11) is 1.56. The molecule has 2 heterocycles. The zero-order valence-corrected chi connectivity index (χ0v) is 18.5. The molecule has 0 spiro atoms. The van der Waals surface area contributed by atoms with Crippen molar-refractivity contribution in [3.63, 3.8) is 0 Å². The molecule has 158 valence electrons. The molecule has 0 aliphatic carbocycles. The Balaban J connectivity index is 1.77. The molecule has 0 aliphatic rings. The fourth-order valence-electron chi connectivity index (χ4n) is 3.09. The third-order valence-electron chi connectivity index (χ3n) is 4.35. The van der Waals surface area contributed by atoms with E-state index >= 15 is 0 Å². The molecular formula is C20H21ClN4O4S. The van der Waals surface area contributed by atoms with Crippen molar-refractivity contribution in [3.05, 3.63) is 45.7 Å². The van der Waals surface area contributed by atoms with Crippen molar-refractivity contribution in [3.8, 4) is 17.1 Å². The number of Topliss-reactive ketones (excluding diaryl/α,β-unsaturated/α-hetero) is 1. The van der Waals surface area contributed by atoms with E-state index in [1.165, 1.54) is 11.8 Å². The number of hydrogen-bond acceptors (Lipinski definition) is 7. The highest BCUT2D eigenvalue weighted by atomic mass is 35.5. The van der Waals surface area contributed by atoms with Gasteiger partial charge in [0.15, 0.2) is 11.6 Å². The maximum absolute atomic E-state index is 12.9. The second-order valence-electron chi connectivity index (χ2n) is 6.37. The van der Waals surface area contributed by atoms with Gasteiger partial charge in [-0.2, -0.15) is 0 Å². The SMILES string of the molecule is CCOC(=O)c1c(C)[nH]c(C)c1C(=O)CSc1n[nH]c(-c2cc(Cl)ccc2OC)n1. The Labute approximate surface area is 182 Å². The number of benzene rings is 1. The van der Waals surface area contributed by atoms with Gasteiger partial charge < -0.3 is 14.5 Å². The summed E-state index contributed by atoms with van der Waals surface area (Å²) in [6.07, 6.45) is 0. The fourth-order valence-corrected chi connectivity index (χ4v) is 3.93. The first-order valence-corrected chi connectivity index (χ1v) is 10.5. The summed E-state index contributed by atoms with van der Waals surface area (Å²) in [5, 5.41) is 7.92.